The van der Waals surface area contributed by atoms with E-state index in [4.69, 9.17) is 4.42 Å². The van der Waals surface area contributed by atoms with Crippen LogP contribution in [0.1, 0.15) is 45.7 Å². The average Bonchev–Trinajstić information content (AvgIpc) is 3.36. The van der Waals surface area contributed by atoms with Crippen LogP contribution < -0.4 is 5.32 Å². The van der Waals surface area contributed by atoms with E-state index in [0.717, 1.165) is 22.7 Å². The van der Waals surface area contributed by atoms with Crippen molar-refractivity contribution < 1.29 is 13.6 Å². The Labute approximate surface area is 166 Å². The van der Waals surface area contributed by atoms with Gasteiger partial charge in [0.1, 0.15) is 11.6 Å². The molecule has 3 heterocycles. The molecule has 0 aliphatic carbocycles. The summed E-state index contributed by atoms with van der Waals surface area (Å²) >= 11 is 0. The Morgan fingerprint density at radius 2 is 2.00 bits per heavy atom. The van der Waals surface area contributed by atoms with Crippen LogP contribution in [-0.4, -0.2) is 32.0 Å². The highest BCUT2D eigenvalue weighted by Crippen LogP contribution is 2.28. The van der Waals surface area contributed by atoms with Crippen LogP contribution in [0.2, 0.25) is 0 Å². The molecular weight excluding hydrogens is 373 g/mol. The van der Waals surface area contributed by atoms with Gasteiger partial charge < -0.3 is 9.73 Å². The summed E-state index contributed by atoms with van der Waals surface area (Å²) in [5, 5.41) is 7.09. The van der Waals surface area contributed by atoms with E-state index < -0.39 is 0 Å². The second-order valence-corrected chi connectivity index (χ2v) is 6.85. The third-order valence-corrected chi connectivity index (χ3v) is 4.70. The number of carbonyl (C=O) groups excluding carboxylic acids is 1. The summed E-state index contributed by atoms with van der Waals surface area (Å²) in [4.78, 5) is 21.0. The highest BCUT2D eigenvalue weighted by atomic mass is 19.1. The molecule has 1 amide bonds. The van der Waals surface area contributed by atoms with Crippen molar-refractivity contribution in [3.63, 3.8) is 0 Å². The first-order valence-electron chi connectivity index (χ1n) is 9.29. The molecule has 0 aliphatic rings. The number of carbonyl (C=O) groups is 1. The Morgan fingerprint density at radius 1 is 1.21 bits per heavy atom. The van der Waals surface area contributed by atoms with Crippen molar-refractivity contribution in [3.8, 4) is 0 Å². The summed E-state index contributed by atoms with van der Waals surface area (Å²) in [6, 6.07) is 11.8. The van der Waals surface area contributed by atoms with Crippen molar-refractivity contribution in [2.24, 2.45) is 0 Å². The minimum absolute atomic E-state index is 0.0718. The zero-order valence-electron chi connectivity index (χ0n) is 16.1. The number of fused-ring (bicyclic) bond motifs is 1. The lowest BCUT2D eigenvalue weighted by atomic mass is 9.93. The van der Waals surface area contributed by atoms with Gasteiger partial charge in [-0.1, -0.05) is 12.1 Å². The van der Waals surface area contributed by atoms with Crippen LogP contribution in [-0.2, 0) is 0 Å². The molecule has 1 aromatic carbocycles. The van der Waals surface area contributed by atoms with Gasteiger partial charge in [-0.3, -0.25) is 4.79 Å². The Bertz CT molecular complexity index is 1140. The molecule has 0 fully saturated rings. The zero-order chi connectivity index (χ0) is 20.4. The van der Waals surface area contributed by atoms with Crippen molar-refractivity contribution in [1.29, 1.82) is 0 Å². The number of benzene rings is 1. The van der Waals surface area contributed by atoms with Crippen LogP contribution in [0.15, 0.2) is 53.1 Å². The predicted octanol–water partition coefficient (Wildman–Crippen LogP) is 3.43. The number of amides is 1. The lowest BCUT2D eigenvalue weighted by Gasteiger charge is -2.15. The highest BCUT2D eigenvalue weighted by molar-refractivity contribution is 5.90. The summed E-state index contributed by atoms with van der Waals surface area (Å²) < 4.78 is 20.4. The molecule has 7 nitrogen and oxygen atoms in total. The van der Waals surface area contributed by atoms with Gasteiger partial charge in [-0.2, -0.15) is 4.98 Å². The van der Waals surface area contributed by atoms with Gasteiger partial charge in [-0.15, -0.1) is 5.10 Å². The van der Waals surface area contributed by atoms with Gasteiger partial charge in [0.2, 0.25) is 5.82 Å². The van der Waals surface area contributed by atoms with Gasteiger partial charge in [-0.25, -0.2) is 13.9 Å². The fourth-order valence-electron chi connectivity index (χ4n) is 3.33. The van der Waals surface area contributed by atoms with Crippen molar-refractivity contribution in [1.82, 2.24) is 24.9 Å². The maximum absolute atomic E-state index is 13.3. The van der Waals surface area contributed by atoms with E-state index >= 15 is 0 Å². The Morgan fingerprint density at radius 3 is 2.72 bits per heavy atom. The number of furan rings is 1. The van der Waals surface area contributed by atoms with E-state index in [2.05, 4.69) is 20.4 Å². The first-order valence-corrected chi connectivity index (χ1v) is 9.29. The van der Waals surface area contributed by atoms with Gasteiger partial charge >= 0.3 is 0 Å². The molecule has 0 saturated carbocycles. The highest BCUT2D eigenvalue weighted by Gasteiger charge is 2.19. The first-order chi connectivity index (χ1) is 14.0. The van der Waals surface area contributed by atoms with Crippen molar-refractivity contribution in [3.05, 3.63) is 83.1 Å². The Kier molecular flexibility index (Phi) is 5.07. The molecule has 1 N–H and O–H groups in total. The van der Waals surface area contributed by atoms with Crippen LogP contribution in [0, 0.1) is 19.7 Å². The summed E-state index contributed by atoms with van der Waals surface area (Å²) in [6.07, 6.45) is 2.18. The third-order valence-electron chi connectivity index (χ3n) is 4.70. The zero-order valence-corrected chi connectivity index (χ0v) is 16.1. The number of hydrogen-bond acceptors (Lipinski definition) is 5. The molecule has 29 heavy (non-hydrogen) atoms. The maximum Gasteiger partial charge on any atom is 0.291 e. The number of halogens is 1. The quantitative estimate of drug-likeness (QED) is 0.542. The van der Waals surface area contributed by atoms with E-state index in [1.807, 2.05) is 32.0 Å². The standard InChI is InChI=1S/C21H20FN5O2/c1-13-12-14(2)27-21(24-13)25-19(26-27)20(28)23-10-9-17(18-4-3-11-29-18)15-5-7-16(22)8-6-15/h3-8,11-12,17H,9-10H2,1-2H3,(H,23,28)/t17-/m0/s1. The van der Waals surface area contributed by atoms with Gasteiger partial charge in [0.25, 0.3) is 11.7 Å². The number of nitrogens with zero attached hydrogens (tertiary/aromatic N) is 4. The van der Waals surface area contributed by atoms with Crippen LogP contribution in [0.3, 0.4) is 0 Å². The molecule has 0 aliphatic heterocycles. The number of hydrogen-bond donors (Lipinski definition) is 1. The Balaban J connectivity index is 1.46. The molecule has 148 valence electrons. The molecule has 0 unspecified atom stereocenters. The van der Waals surface area contributed by atoms with Gasteiger partial charge in [0.05, 0.1) is 6.26 Å². The number of aryl methyl sites for hydroxylation is 2. The van der Waals surface area contributed by atoms with E-state index in [9.17, 15) is 9.18 Å². The molecule has 3 aromatic heterocycles. The molecule has 0 saturated heterocycles. The molecule has 4 rings (SSSR count). The molecule has 0 spiro atoms. The van der Waals surface area contributed by atoms with Crippen molar-refractivity contribution in [2.75, 3.05) is 6.54 Å². The monoisotopic (exact) mass is 393 g/mol. The van der Waals surface area contributed by atoms with Gasteiger partial charge in [-0.05, 0) is 56.2 Å². The van der Waals surface area contributed by atoms with Crippen molar-refractivity contribution in [2.45, 2.75) is 26.2 Å². The Hall–Kier alpha value is -3.55. The maximum atomic E-state index is 13.3. The summed E-state index contributed by atoms with van der Waals surface area (Å²) in [5.74, 6) is 0.454. The molecule has 0 bridgehead atoms. The fourth-order valence-corrected chi connectivity index (χ4v) is 3.33. The first kappa shape index (κ1) is 18.8. The molecule has 1 atom stereocenters. The molecular formula is C21H20FN5O2. The minimum atomic E-state index is -0.371. The lowest BCUT2D eigenvalue weighted by molar-refractivity contribution is 0.0942. The second-order valence-electron chi connectivity index (χ2n) is 6.85. The molecule has 0 radical (unpaired) electrons. The average molecular weight is 393 g/mol. The predicted molar refractivity (Wildman–Crippen MR) is 104 cm³/mol. The summed E-state index contributed by atoms with van der Waals surface area (Å²) in [6.45, 7) is 4.13. The largest absolute Gasteiger partial charge is 0.469 e. The molecule has 4 aromatic rings. The lowest BCUT2D eigenvalue weighted by Crippen LogP contribution is -2.27. The van der Waals surface area contributed by atoms with E-state index in [-0.39, 0.29) is 23.5 Å². The summed E-state index contributed by atoms with van der Waals surface area (Å²) in [5.41, 5.74) is 2.58. The fraction of sp³-hybridized carbons (Fsp3) is 0.238. The third kappa shape index (κ3) is 4.01. The van der Waals surface area contributed by atoms with Crippen molar-refractivity contribution >= 4 is 11.7 Å². The second kappa shape index (κ2) is 7.83. The van der Waals surface area contributed by atoms with Crippen LogP contribution in [0.25, 0.3) is 5.78 Å². The van der Waals surface area contributed by atoms with E-state index in [1.54, 1.807) is 22.9 Å². The smallest absolute Gasteiger partial charge is 0.291 e. The normalized spacial score (nSPS) is 12.2. The number of aromatic nitrogens is 4. The van der Waals surface area contributed by atoms with Crippen LogP contribution in [0.4, 0.5) is 4.39 Å². The minimum Gasteiger partial charge on any atom is -0.469 e. The van der Waals surface area contributed by atoms with Crippen LogP contribution in [0.5, 0.6) is 0 Å². The van der Waals surface area contributed by atoms with Gasteiger partial charge in [0, 0.05) is 23.9 Å². The van der Waals surface area contributed by atoms with Gasteiger partial charge in [0.15, 0.2) is 0 Å². The van der Waals surface area contributed by atoms with Crippen LogP contribution >= 0.6 is 0 Å². The summed E-state index contributed by atoms with van der Waals surface area (Å²) in [7, 11) is 0. The van der Waals surface area contributed by atoms with E-state index in [0.29, 0.717) is 18.7 Å². The topological polar surface area (TPSA) is 85.3 Å². The van der Waals surface area contributed by atoms with E-state index in [1.165, 1.54) is 12.1 Å². The SMILES string of the molecule is Cc1cc(C)n2nc(C(=O)NCC[C@@H](c3ccc(F)cc3)c3ccco3)nc2n1. The number of nitrogens with one attached hydrogen (secondary N) is 1. The molecule has 8 heteroatoms. The number of rotatable bonds is 6.